The number of piperidine rings is 2. The van der Waals surface area contributed by atoms with Gasteiger partial charge in [0.2, 0.25) is 11.8 Å². The minimum absolute atomic E-state index is 0.0120. The first-order valence-corrected chi connectivity index (χ1v) is 9.34. The Balaban J connectivity index is 1.66. The van der Waals surface area contributed by atoms with Crippen molar-refractivity contribution in [2.24, 2.45) is 5.41 Å². The first-order chi connectivity index (χ1) is 12.4. The number of β-amino-alcohol motifs (C(OH)–C–C–N with tert-alkyl or cyclic N) is 1. The van der Waals surface area contributed by atoms with Crippen LogP contribution in [-0.2, 0) is 16.0 Å². The maximum Gasteiger partial charge on any atom is 0.227 e. The van der Waals surface area contributed by atoms with Gasteiger partial charge in [0.15, 0.2) is 0 Å². The summed E-state index contributed by atoms with van der Waals surface area (Å²) in [6.45, 7) is 3.98. The van der Waals surface area contributed by atoms with Gasteiger partial charge in [-0.05, 0) is 43.4 Å². The molecule has 0 radical (unpaired) electrons. The number of aliphatic hydroxyl groups is 1. The molecular formula is C20H27FN2O3. The lowest BCUT2D eigenvalue weighted by molar-refractivity contribution is -0.143. The number of hydrogen-bond acceptors (Lipinski definition) is 3. The molecule has 0 aliphatic carbocycles. The number of hydrogen-bond donors (Lipinski definition) is 1. The van der Waals surface area contributed by atoms with E-state index in [1.807, 2.05) is 4.90 Å². The molecule has 1 aromatic rings. The van der Waals surface area contributed by atoms with E-state index in [-0.39, 0.29) is 36.1 Å². The molecule has 5 nitrogen and oxygen atoms in total. The Labute approximate surface area is 153 Å². The fourth-order valence-corrected chi connectivity index (χ4v) is 4.21. The summed E-state index contributed by atoms with van der Waals surface area (Å²) < 4.78 is 13.7. The molecule has 1 atom stereocenters. The summed E-state index contributed by atoms with van der Waals surface area (Å²) in [7, 11) is 0. The standard InChI is InChI=1S/C20H27FN2O3/c1-15-3-4-16(11-17(15)21)12-19(26)22-8-2-6-20(13-22)7-5-18(25)23(14-20)9-10-24/h3-4,11,24H,2,5-10,12-14H2,1H3. The summed E-state index contributed by atoms with van der Waals surface area (Å²) in [6.07, 6.45) is 3.37. The van der Waals surface area contributed by atoms with Crippen LogP contribution in [0.25, 0.3) is 0 Å². The molecule has 6 heteroatoms. The molecule has 26 heavy (non-hydrogen) atoms. The maximum absolute atomic E-state index is 13.7. The zero-order valence-electron chi connectivity index (χ0n) is 15.3. The topological polar surface area (TPSA) is 60.9 Å². The minimum atomic E-state index is -0.282. The van der Waals surface area contributed by atoms with E-state index in [1.165, 1.54) is 6.07 Å². The van der Waals surface area contributed by atoms with Gasteiger partial charge in [0.1, 0.15) is 5.82 Å². The molecule has 0 bridgehead atoms. The summed E-state index contributed by atoms with van der Waals surface area (Å²) in [5.41, 5.74) is 1.20. The highest BCUT2D eigenvalue weighted by Gasteiger charge is 2.42. The van der Waals surface area contributed by atoms with Crippen molar-refractivity contribution in [3.63, 3.8) is 0 Å². The highest BCUT2D eigenvalue weighted by Crippen LogP contribution is 2.39. The van der Waals surface area contributed by atoms with Crippen LogP contribution in [0.2, 0.25) is 0 Å². The number of carbonyl (C=O) groups excluding carboxylic acids is 2. The van der Waals surface area contributed by atoms with E-state index in [2.05, 4.69) is 0 Å². The first-order valence-electron chi connectivity index (χ1n) is 9.34. The monoisotopic (exact) mass is 362 g/mol. The van der Waals surface area contributed by atoms with Crippen LogP contribution >= 0.6 is 0 Å². The van der Waals surface area contributed by atoms with Crippen molar-refractivity contribution in [1.29, 1.82) is 0 Å². The van der Waals surface area contributed by atoms with Crippen molar-refractivity contribution in [3.8, 4) is 0 Å². The minimum Gasteiger partial charge on any atom is -0.395 e. The fraction of sp³-hybridized carbons (Fsp3) is 0.600. The second-order valence-corrected chi connectivity index (χ2v) is 7.72. The summed E-state index contributed by atoms with van der Waals surface area (Å²) in [5, 5.41) is 9.18. The van der Waals surface area contributed by atoms with Crippen molar-refractivity contribution >= 4 is 11.8 Å². The first kappa shape index (κ1) is 18.8. The summed E-state index contributed by atoms with van der Waals surface area (Å²) in [5.74, 6) is -0.183. The Morgan fingerprint density at radius 2 is 2.12 bits per heavy atom. The van der Waals surface area contributed by atoms with Gasteiger partial charge in [-0.2, -0.15) is 0 Å². The Morgan fingerprint density at radius 3 is 2.85 bits per heavy atom. The van der Waals surface area contributed by atoms with E-state index < -0.39 is 0 Å². The Bertz CT molecular complexity index is 694. The van der Waals surface area contributed by atoms with Gasteiger partial charge in [0.25, 0.3) is 0 Å². The smallest absolute Gasteiger partial charge is 0.227 e. The van der Waals surface area contributed by atoms with E-state index >= 15 is 0 Å². The van der Waals surface area contributed by atoms with Crippen LogP contribution in [0.5, 0.6) is 0 Å². The van der Waals surface area contributed by atoms with Gasteiger partial charge in [-0.3, -0.25) is 9.59 Å². The molecule has 142 valence electrons. The van der Waals surface area contributed by atoms with Crippen molar-refractivity contribution in [2.45, 2.75) is 39.0 Å². The second-order valence-electron chi connectivity index (χ2n) is 7.72. The Morgan fingerprint density at radius 1 is 1.31 bits per heavy atom. The average molecular weight is 362 g/mol. The van der Waals surface area contributed by atoms with Gasteiger partial charge in [0.05, 0.1) is 13.0 Å². The van der Waals surface area contributed by atoms with Crippen LogP contribution in [-0.4, -0.2) is 59.5 Å². The molecule has 2 amide bonds. The number of aryl methyl sites for hydroxylation is 1. The highest BCUT2D eigenvalue weighted by atomic mass is 19.1. The molecule has 2 fully saturated rings. The SMILES string of the molecule is Cc1ccc(CC(=O)N2CCCC3(CCC(=O)N(CCO)C3)C2)cc1F. The van der Waals surface area contributed by atoms with E-state index in [4.69, 9.17) is 0 Å². The molecule has 1 unspecified atom stereocenters. The lowest BCUT2D eigenvalue weighted by Crippen LogP contribution is -2.55. The maximum atomic E-state index is 13.7. The molecule has 2 heterocycles. The summed E-state index contributed by atoms with van der Waals surface area (Å²) in [6, 6.07) is 4.95. The summed E-state index contributed by atoms with van der Waals surface area (Å²) in [4.78, 5) is 28.4. The number of rotatable bonds is 4. The molecular weight excluding hydrogens is 335 g/mol. The number of nitrogens with zero attached hydrogens (tertiary/aromatic N) is 2. The third kappa shape index (κ3) is 4.06. The third-order valence-corrected chi connectivity index (χ3v) is 5.72. The van der Waals surface area contributed by atoms with Gasteiger partial charge >= 0.3 is 0 Å². The molecule has 3 rings (SSSR count). The van der Waals surface area contributed by atoms with Crippen molar-refractivity contribution < 1.29 is 19.1 Å². The molecule has 2 aliphatic heterocycles. The second kappa shape index (κ2) is 7.74. The van der Waals surface area contributed by atoms with Crippen molar-refractivity contribution in [3.05, 3.63) is 35.1 Å². The zero-order chi connectivity index (χ0) is 18.7. The van der Waals surface area contributed by atoms with Crippen LogP contribution in [0.3, 0.4) is 0 Å². The number of aliphatic hydroxyl groups excluding tert-OH is 1. The highest BCUT2D eigenvalue weighted by molar-refractivity contribution is 5.79. The van der Waals surface area contributed by atoms with E-state index in [0.29, 0.717) is 43.7 Å². The molecule has 2 saturated heterocycles. The van der Waals surface area contributed by atoms with Crippen molar-refractivity contribution in [1.82, 2.24) is 9.80 Å². The average Bonchev–Trinajstić information content (AvgIpc) is 2.62. The number of amides is 2. The quantitative estimate of drug-likeness (QED) is 0.890. The molecule has 1 spiro atoms. The number of halogens is 1. The fourth-order valence-electron chi connectivity index (χ4n) is 4.21. The van der Waals surface area contributed by atoms with Crippen molar-refractivity contribution in [2.75, 3.05) is 32.8 Å². The lowest BCUT2D eigenvalue weighted by atomic mass is 9.73. The van der Waals surface area contributed by atoms with Gasteiger partial charge in [-0.25, -0.2) is 4.39 Å². The van der Waals surface area contributed by atoms with Gasteiger partial charge in [0, 0.05) is 38.0 Å². The van der Waals surface area contributed by atoms with E-state index in [9.17, 15) is 19.1 Å². The largest absolute Gasteiger partial charge is 0.395 e. The third-order valence-electron chi connectivity index (χ3n) is 5.72. The number of carbonyl (C=O) groups is 2. The summed E-state index contributed by atoms with van der Waals surface area (Å²) >= 11 is 0. The van der Waals surface area contributed by atoms with E-state index in [0.717, 1.165) is 19.3 Å². The number of likely N-dealkylation sites (tertiary alicyclic amines) is 2. The van der Waals surface area contributed by atoms with Crippen LogP contribution < -0.4 is 0 Å². The molecule has 1 N–H and O–H groups in total. The zero-order valence-corrected chi connectivity index (χ0v) is 15.3. The van der Waals surface area contributed by atoms with E-state index in [1.54, 1.807) is 24.0 Å². The molecule has 0 saturated carbocycles. The lowest BCUT2D eigenvalue weighted by Gasteiger charge is -2.48. The normalized spacial score (nSPS) is 23.6. The predicted octanol–water partition coefficient (Wildman–Crippen LogP) is 1.90. The Hall–Kier alpha value is -1.95. The van der Waals surface area contributed by atoms with Gasteiger partial charge in [-0.1, -0.05) is 12.1 Å². The van der Waals surface area contributed by atoms with Crippen LogP contribution in [0.1, 0.15) is 36.8 Å². The van der Waals surface area contributed by atoms with Crippen LogP contribution in [0.15, 0.2) is 18.2 Å². The van der Waals surface area contributed by atoms with Gasteiger partial charge in [-0.15, -0.1) is 0 Å². The van der Waals surface area contributed by atoms with Crippen LogP contribution in [0.4, 0.5) is 4.39 Å². The predicted molar refractivity (Wildman–Crippen MR) is 96.0 cm³/mol. The molecule has 1 aromatic carbocycles. The van der Waals surface area contributed by atoms with Gasteiger partial charge < -0.3 is 14.9 Å². The Kier molecular flexibility index (Phi) is 5.61. The molecule has 2 aliphatic rings. The molecule has 0 aromatic heterocycles. The number of benzene rings is 1. The van der Waals surface area contributed by atoms with Crippen LogP contribution in [0, 0.1) is 18.2 Å².